The molecule has 3 nitrogen and oxygen atoms in total. The Morgan fingerprint density at radius 3 is 2.36 bits per heavy atom. The third kappa shape index (κ3) is 5.08. The predicted molar refractivity (Wildman–Crippen MR) is 105 cm³/mol. The van der Waals surface area contributed by atoms with E-state index in [1.165, 1.54) is 12.1 Å². The number of rotatable bonds is 5. The molecule has 2 aliphatic rings. The topological polar surface area (TPSA) is 26.7 Å². The molecule has 1 heterocycles. The van der Waals surface area contributed by atoms with E-state index >= 15 is 0 Å². The van der Waals surface area contributed by atoms with Crippen LogP contribution in [0.2, 0.25) is 0 Å². The lowest BCUT2D eigenvalue weighted by Crippen LogP contribution is -2.48. The molecule has 0 spiro atoms. The van der Waals surface area contributed by atoms with Crippen molar-refractivity contribution >= 4 is 0 Å². The van der Waals surface area contributed by atoms with E-state index in [4.69, 9.17) is 0 Å². The van der Waals surface area contributed by atoms with Crippen LogP contribution in [0.1, 0.15) is 62.0 Å². The second-order valence-corrected chi connectivity index (χ2v) is 8.84. The Morgan fingerprint density at radius 2 is 1.79 bits per heavy atom. The average molecular weight is 399 g/mol. The minimum Gasteiger partial charge on any atom is -0.389 e. The van der Waals surface area contributed by atoms with Crippen LogP contribution < -0.4 is 0 Å². The molecule has 0 radical (unpaired) electrons. The normalized spacial score (nSPS) is 23.1. The lowest BCUT2D eigenvalue weighted by atomic mass is 9.72. The first kappa shape index (κ1) is 21.6. The number of aliphatic hydroxyl groups is 1. The molecular formula is C22H33F3N2O. The lowest BCUT2D eigenvalue weighted by Gasteiger charge is -2.44. The van der Waals surface area contributed by atoms with Gasteiger partial charge in [-0.1, -0.05) is 37.5 Å². The number of hydrogen-bond donors (Lipinski definition) is 1. The van der Waals surface area contributed by atoms with Crippen molar-refractivity contribution in [3.8, 4) is 0 Å². The predicted octanol–water partition coefficient (Wildman–Crippen LogP) is 4.51. The van der Waals surface area contributed by atoms with Gasteiger partial charge in [-0.25, -0.2) is 0 Å². The third-order valence-electron chi connectivity index (χ3n) is 6.71. The summed E-state index contributed by atoms with van der Waals surface area (Å²) in [5.74, 6) is -0.286. The van der Waals surface area contributed by atoms with E-state index in [1.54, 1.807) is 6.07 Å². The van der Waals surface area contributed by atoms with E-state index in [0.29, 0.717) is 31.0 Å². The van der Waals surface area contributed by atoms with Crippen LogP contribution in [-0.4, -0.2) is 60.3 Å². The van der Waals surface area contributed by atoms with Gasteiger partial charge in [-0.15, -0.1) is 0 Å². The summed E-state index contributed by atoms with van der Waals surface area (Å²) in [5, 5.41) is 11.4. The van der Waals surface area contributed by atoms with Crippen molar-refractivity contribution in [2.24, 2.45) is 0 Å². The number of benzene rings is 1. The molecule has 3 rings (SSSR count). The fourth-order valence-electron chi connectivity index (χ4n) is 4.91. The summed E-state index contributed by atoms with van der Waals surface area (Å²) in [4.78, 5) is 4.58. The van der Waals surface area contributed by atoms with Gasteiger partial charge in [0.05, 0.1) is 11.2 Å². The fourth-order valence-corrected chi connectivity index (χ4v) is 4.91. The van der Waals surface area contributed by atoms with Crippen LogP contribution in [-0.2, 0) is 6.18 Å². The molecule has 1 aliphatic carbocycles. The summed E-state index contributed by atoms with van der Waals surface area (Å²) in [6.45, 7) is 2.47. The number of likely N-dealkylation sites (tertiary alicyclic amines) is 1. The zero-order valence-corrected chi connectivity index (χ0v) is 17.0. The molecule has 28 heavy (non-hydrogen) atoms. The highest BCUT2D eigenvalue weighted by Gasteiger charge is 2.41. The monoisotopic (exact) mass is 398 g/mol. The molecule has 1 aromatic carbocycles. The standard InChI is InChI=1S/C22H33F3N2O/c1-26(2)19-9-13-27(14-10-19)16-20(21(28)11-4-3-5-12-21)17-7-6-8-18(15-17)22(23,24)25/h6-8,15,19-20,28H,3-5,9-14,16H2,1-2H3. The Kier molecular flexibility index (Phi) is 6.72. The van der Waals surface area contributed by atoms with Crippen molar-refractivity contribution in [2.45, 2.75) is 68.7 Å². The number of nitrogens with zero attached hydrogens (tertiary/aromatic N) is 2. The fraction of sp³-hybridized carbons (Fsp3) is 0.727. The molecule has 1 aliphatic heterocycles. The third-order valence-corrected chi connectivity index (χ3v) is 6.71. The molecule has 158 valence electrons. The summed E-state index contributed by atoms with van der Waals surface area (Å²) < 4.78 is 39.8. The van der Waals surface area contributed by atoms with Gasteiger partial charge < -0.3 is 14.9 Å². The molecule has 1 aromatic rings. The molecule has 1 unspecified atom stereocenters. The maximum absolute atomic E-state index is 13.3. The van der Waals surface area contributed by atoms with Crippen molar-refractivity contribution in [3.05, 3.63) is 35.4 Å². The van der Waals surface area contributed by atoms with Crippen LogP contribution in [0, 0.1) is 0 Å². The van der Waals surface area contributed by atoms with E-state index in [1.807, 2.05) is 0 Å². The van der Waals surface area contributed by atoms with Crippen molar-refractivity contribution in [3.63, 3.8) is 0 Å². The molecular weight excluding hydrogens is 365 g/mol. The molecule has 0 amide bonds. The largest absolute Gasteiger partial charge is 0.416 e. The van der Waals surface area contributed by atoms with Gasteiger partial charge in [0.1, 0.15) is 0 Å². The first-order valence-corrected chi connectivity index (χ1v) is 10.5. The Labute approximate surface area is 166 Å². The maximum atomic E-state index is 13.3. The van der Waals surface area contributed by atoms with Gasteiger partial charge in [0.15, 0.2) is 0 Å². The molecule has 1 saturated heterocycles. The highest BCUT2D eigenvalue weighted by Crippen LogP contribution is 2.42. The number of halogens is 3. The Hall–Kier alpha value is -1.11. The first-order chi connectivity index (χ1) is 13.2. The van der Waals surface area contributed by atoms with Crippen LogP contribution >= 0.6 is 0 Å². The first-order valence-electron chi connectivity index (χ1n) is 10.5. The SMILES string of the molecule is CN(C)C1CCN(CC(c2cccc(C(F)(F)F)c2)C2(O)CCCCC2)CC1. The Balaban J connectivity index is 1.82. The minimum atomic E-state index is -4.36. The van der Waals surface area contributed by atoms with Crippen LogP contribution in [0.15, 0.2) is 24.3 Å². The second-order valence-electron chi connectivity index (χ2n) is 8.84. The summed E-state index contributed by atoms with van der Waals surface area (Å²) in [6.07, 6.45) is 2.06. The van der Waals surface area contributed by atoms with E-state index in [-0.39, 0.29) is 5.92 Å². The van der Waals surface area contributed by atoms with Gasteiger partial charge >= 0.3 is 6.18 Å². The lowest BCUT2D eigenvalue weighted by molar-refractivity contribution is -0.137. The van der Waals surface area contributed by atoms with Gasteiger partial charge in [0.2, 0.25) is 0 Å². The Bertz CT molecular complexity index is 633. The highest BCUT2D eigenvalue weighted by atomic mass is 19.4. The van der Waals surface area contributed by atoms with Gasteiger partial charge in [-0.3, -0.25) is 0 Å². The quantitative estimate of drug-likeness (QED) is 0.791. The summed E-state index contributed by atoms with van der Waals surface area (Å²) in [5.41, 5.74) is -0.921. The zero-order valence-electron chi connectivity index (χ0n) is 17.0. The van der Waals surface area contributed by atoms with Gasteiger partial charge in [-0.05, 0) is 64.5 Å². The van der Waals surface area contributed by atoms with Gasteiger partial charge in [-0.2, -0.15) is 13.2 Å². The summed E-state index contributed by atoms with van der Waals surface area (Å²) >= 11 is 0. The molecule has 0 aromatic heterocycles. The summed E-state index contributed by atoms with van der Waals surface area (Å²) in [7, 11) is 4.19. The van der Waals surface area contributed by atoms with Crippen molar-refractivity contribution in [1.82, 2.24) is 9.80 Å². The molecule has 2 fully saturated rings. The van der Waals surface area contributed by atoms with E-state index in [9.17, 15) is 18.3 Å². The second kappa shape index (κ2) is 8.72. The average Bonchev–Trinajstić information content (AvgIpc) is 2.66. The van der Waals surface area contributed by atoms with Crippen molar-refractivity contribution in [2.75, 3.05) is 33.7 Å². The smallest absolute Gasteiger partial charge is 0.389 e. The number of piperidine rings is 1. The zero-order chi connectivity index (χ0) is 20.4. The van der Waals surface area contributed by atoms with Crippen molar-refractivity contribution in [1.29, 1.82) is 0 Å². The molecule has 6 heteroatoms. The highest BCUT2D eigenvalue weighted by molar-refractivity contribution is 5.31. The van der Waals surface area contributed by atoms with Gasteiger partial charge in [0, 0.05) is 18.5 Å². The molecule has 0 bridgehead atoms. The molecule has 1 saturated carbocycles. The van der Waals surface area contributed by atoms with E-state index in [0.717, 1.165) is 51.3 Å². The van der Waals surface area contributed by atoms with Gasteiger partial charge in [0.25, 0.3) is 0 Å². The number of hydrogen-bond acceptors (Lipinski definition) is 3. The molecule has 1 N–H and O–H groups in total. The van der Waals surface area contributed by atoms with Crippen LogP contribution in [0.25, 0.3) is 0 Å². The maximum Gasteiger partial charge on any atom is 0.416 e. The van der Waals surface area contributed by atoms with Crippen LogP contribution in [0.4, 0.5) is 13.2 Å². The van der Waals surface area contributed by atoms with Crippen molar-refractivity contribution < 1.29 is 18.3 Å². The van der Waals surface area contributed by atoms with E-state index in [2.05, 4.69) is 23.9 Å². The number of alkyl halides is 3. The minimum absolute atomic E-state index is 0.286. The molecule has 1 atom stereocenters. The van der Waals surface area contributed by atoms with E-state index < -0.39 is 17.3 Å². The van der Waals surface area contributed by atoms with Crippen LogP contribution in [0.5, 0.6) is 0 Å². The van der Waals surface area contributed by atoms with Crippen LogP contribution in [0.3, 0.4) is 0 Å². The Morgan fingerprint density at radius 1 is 1.14 bits per heavy atom. The summed E-state index contributed by atoms with van der Waals surface area (Å²) in [6, 6.07) is 6.17.